The van der Waals surface area contributed by atoms with E-state index < -0.39 is 0 Å². The molecule has 1 aromatic heterocycles. The minimum Gasteiger partial charge on any atom is -0.303 e. The highest BCUT2D eigenvalue weighted by Gasteiger charge is 2.38. The van der Waals surface area contributed by atoms with Crippen LogP contribution in [0.5, 0.6) is 0 Å². The van der Waals surface area contributed by atoms with Crippen molar-refractivity contribution in [3.05, 3.63) is 5.01 Å². The Kier molecular flexibility index (Phi) is 5.41. The first-order chi connectivity index (χ1) is 10.8. The topological polar surface area (TPSA) is 66.9 Å². The third-order valence-electron chi connectivity index (χ3n) is 4.87. The summed E-state index contributed by atoms with van der Waals surface area (Å²) in [4.78, 5) is 12.4. The van der Waals surface area contributed by atoms with Gasteiger partial charge in [-0.25, -0.2) is 0 Å². The van der Waals surface area contributed by atoms with Crippen molar-refractivity contribution < 1.29 is 4.79 Å². The second kappa shape index (κ2) is 7.51. The maximum Gasteiger partial charge on any atom is 0.243 e. The number of anilines is 1. The van der Waals surface area contributed by atoms with Gasteiger partial charge >= 0.3 is 0 Å². The Morgan fingerprint density at radius 2 is 2.18 bits per heavy atom. The van der Waals surface area contributed by atoms with Crippen LogP contribution in [0.3, 0.4) is 0 Å². The van der Waals surface area contributed by atoms with Crippen molar-refractivity contribution >= 4 is 22.4 Å². The van der Waals surface area contributed by atoms with Gasteiger partial charge in [-0.05, 0) is 31.6 Å². The fourth-order valence-electron chi connectivity index (χ4n) is 3.65. The normalized spacial score (nSPS) is 27.6. The summed E-state index contributed by atoms with van der Waals surface area (Å²) < 4.78 is 0. The van der Waals surface area contributed by atoms with E-state index in [4.69, 9.17) is 0 Å². The molecule has 5 nitrogen and oxygen atoms in total. The molecule has 3 atom stereocenters. The van der Waals surface area contributed by atoms with Gasteiger partial charge < -0.3 is 5.32 Å². The number of amides is 1. The number of unbranched alkanes of at least 4 members (excludes halogenated alkanes) is 2. The number of nitrogens with one attached hydrogen (secondary N) is 2. The molecule has 2 heterocycles. The summed E-state index contributed by atoms with van der Waals surface area (Å²) in [7, 11) is 0. The van der Waals surface area contributed by atoms with Crippen molar-refractivity contribution in [3.8, 4) is 0 Å². The van der Waals surface area contributed by atoms with Gasteiger partial charge in [0.2, 0.25) is 11.0 Å². The van der Waals surface area contributed by atoms with Crippen LogP contribution in [0.1, 0.15) is 63.3 Å². The molecule has 1 aliphatic heterocycles. The van der Waals surface area contributed by atoms with Gasteiger partial charge in [0.1, 0.15) is 5.01 Å². The van der Waals surface area contributed by atoms with Gasteiger partial charge in [0.25, 0.3) is 0 Å². The molecular formula is C16H26N4OS. The van der Waals surface area contributed by atoms with Gasteiger partial charge in [0.05, 0.1) is 6.04 Å². The second-order valence-electron chi connectivity index (χ2n) is 6.55. The van der Waals surface area contributed by atoms with Gasteiger partial charge in [-0.15, -0.1) is 10.2 Å². The first kappa shape index (κ1) is 15.9. The predicted molar refractivity (Wildman–Crippen MR) is 89.1 cm³/mol. The van der Waals surface area contributed by atoms with Crippen LogP contribution in [-0.2, 0) is 11.2 Å². The molecule has 2 aliphatic rings. The summed E-state index contributed by atoms with van der Waals surface area (Å²) in [5.74, 6) is 0.745. The molecule has 6 heteroatoms. The Morgan fingerprint density at radius 3 is 3.00 bits per heavy atom. The number of nitrogens with zero attached hydrogens (tertiary/aromatic N) is 2. The lowest BCUT2D eigenvalue weighted by atomic mass is 9.85. The molecule has 1 aromatic rings. The van der Waals surface area contributed by atoms with Crippen LogP contribution >= 0.6 is 11.3 Å². The van der Waals surface area contributed by atoms with E-state index in [0.29, 0.717) is 17.1 Å². The van der Waals surface area contributed by atoms with Crippen molar-refractivity contribution in [1.29, 1.82) is 0 Å². The molecule has 1 saturated carbocycles. The van der Waals surface area contributed by atoms with Gasteiger partial charge in [-0.3, -0.25) is 10.1 Å². The van der Waals surface area contributed by atoms with E-state index >= 15 is 0 Å². The first-order valence-corrected chi connectivity index (χ1v) is 9.47. The standard InChI is InChI=1S/C16H26N4OS/c1-2-3-4-9-14-19-20-16(22-14)18-15(21)13-10-11-7-5-6-8-12(11)17-13/h11-13,17H,2-10H2,1H3,(H,18,20,21). The zero-order valence-corrected chi connectivity index (χ0v) is 14.1. The first-order valence-electron chi connectivity index (χ1n) is 8.65. The Labute approximate surface area is 136 Å². The van der Waals surface area contributed by atoms with Crippen molar-refractivity contribution in [2.75, 3.05) is 5.32 Å². The van der Waals surface area contributed by atoms with Crippen molar-refractivity contribution in [1.82, 2.24) is 15.5 Å². The highest BCUT2D eigenvalue weighted by atomic mass is 32.1. The number of fused-ring (bicyclic) bond motifs is 1. The molecule has 122 valence electrons. The largest absolute Gasteiger partial charge is 0.303 e. The number of hydrogen-bond acceptors (Lipinski definition) is 5. The van der Waals surface area contributed by atoms with Crippen LogP contribution in [0.4, 0.5) is 5.13 Å². The van der Waals surface area contributed by atoms with E-state index in [0.717, 1.165) is 24.3 Å². The monoisotopic (exact) mass is 322 g/mol. The summed E-state index contributed by atoms with van der Waals surface area (Å²) >= 11 is 1.51. The second-order valence-corrected chi connectivity index (χ2v) is 7.62. The molecule has 0 bridgehead atoms. The molecule has 2 fully saturated rings. The van der Waals surface area contributed by atoms with Crippen molar-refractivity contribution in [2.24, 2.45) is 5.92 Å². The lowest BCUT2D eigenvalue weighted by Gasteiger charge is -2.24. The van der Waals surface area contributed by atoms with Gasteiger partial charge in [-0.1, -0.05) is 43.9 Å². The van der Waals surface area contributed by atoms with E-state index in [1.54, 1.807) is 0 Å². The average molecular weight is 322 g/mol. The zero-order valence-electron chi connectivity index (χ0n) is 13.3. The smallest absolute Gasteiger partial charge is 0.243 e. The highest BCUT2D eigenvalue weighted by molar-refractivity contribution is 7.15. The summed E-state index contributed by atoms with van der Waals surface area (Å²) in [5.41, 5.74) is 0. The lowest BCUT2D eigenvalue weighted by Crippen LogP contribution is -2.39. The molecule has 3 unspecified atom stereocenters. The summed E-state index contributed by atoms with van der Waals surface area (Å²) in [6.07, 6.45) is 10.6. The van der Waals surface area contributed by atoms with Crippen LogP contribution in [0.15, 0.2) is 0 Å². The Balaban J connectivity index is 1.49. The maximum absolute atomic E-state index is 12.4. The van der Waals surface area contributed by atoms with Crippen molar-refractivity contribution in [2.45, 2.75) is 76.8 Å². The van der Waals surface area contributed by atoms with Crippen LogP contribution in [0.2, 0.25) is 0 Å². The minimum absolute atomic E-state index is 0.0551. The number of aromatic nitrogens is 2. The Hall–Kier alpha value is -1.01. The minimum atomic E-state index is -0.0551. The van der Waals surface area contributed by atoms with E-state index in [1.807, 2.05) is 0 Å². The Morgan fingerprint density at radius 1 is 1.32 bits per heavy atom. The maximum atomic E-state index is 12.4. The molecular weight excluding hydrogens is 296 g/mol. The number of hydrogen-bond donors (Lipinski definition) is 2. The third kappa shape index (κ3) is 3.84. The Bertz CT molecular complexity index is 490. The van der Waals surface area contributed by atoms with Crippen LogP contribution in [0.25, 0.3) is 0 Å². The van der Waals surface area contributed by atoms with E-state index in [1.165, 1.54) is 49.9 Å². The number of aryl methyl sites for hydroxylation is 1. The average Bonchev–Trinajstić information content (AvgIpc) is 3.14. The van der Waals surface area contributed by atoms with Crippen LogP contribution < -0.4 is 10.6 Å². The molecule has 2 N–H and O–H groups in total. The molecule has 3 rings (SSSR count). The fourth-order valence-corrected chi connectivity index (χ4v) is 4.43. The lowest BCUT2D eigenvalue weighted by molar-refractivity contribution is -0.117. The van der Waals surface area contributed by atoms with E-state index in [2.05, 4.69) is 27.8 Å². The highest BCUT2D eigenvalue weighted by Crippen LogP contribution is 2.33. The summed E-state index contributed by atoms with van der Waals surface area (Å²) in [5, 5.41) is 16.4. The zero-order chi connectivity index (χ0) is 15.4. The van der Waals surface area contributed by atoms with Gasteiger partial charge in [0, 0.05) is 12.5 Å². The van der Waals surface area contributed by atoms with Crippen LogP contribution in [-0.4, -0.2) is 28.2 Å². The molecule has 0 radical (unpaired) electrons. The quantitative estimate of drug-likeness (QED) is 0.790. The van der Waals surface area contributed by atoms with Gasteiger partial charge in [-0.2, -0.15) is 0 Å². The van der Waals surface area contributed by atoms with Gasteiger partial charge in [0.15, 0.2) is 0 Å². The molecule has 1 amide bonds. The molecule has 1 saturated heterocycles. The molecule has 1 aliphatic carbocycles. The third-order valence-corrected chi connectivity index (χ3v) is 5.77. The fraction of sp³-hybridized carbons (Fsp3) is 0.812. The van der Waals surface area contributed by atoms with E-state index in [9.17, 15) is 4.79 Å². The predicted octanol–water partition coefficient (Wildman–Crippen LogP) is 3.13. The molecule has 0 aromatic carbocycles. The number of carbonyl (C=O) groups excluding carboxylic acids is 1. The van der Waals surface area contributed by atoms with E-state index in [-0.39, 0.29) is 11.9 Å². The number of rotatable bonds is 6. The summed E-state index contributed by atoms with van der Waals surface area (Å²) in [6, 6.07) is 0.490. The number of carbonyl (C=O) groups is 1. The SMILES string of the molecule is CCCCCc1nnc(NC(=O)C2CC3CCCCC3N2)s1. The molecule has 22 heavy (non-hydrogen) atoms. The van der Waals surface area contributed by atoms with Crippen LogP contribution in [0, 0.1) is 5.92 Å². The van der Waals surface area contributed by atoms with Crippen molar-refractivity contribution in [3.63, 3.8) is 0 Å². The molecule has 0 spiro atoms. The summed E-state index contributed by atoms with van der Waals surface area (Å²) in [6.45, 7) is 2.19.